The predicted octanol–water partition coefficient (Wildman–Crippen LogP) is 3.68. The first-order valence-corrected chi connectivity index (χ1v) is 8.57. The van der Waals surface area contributed by atoms with Crippen LogP contribution in [0.3, 0.4) is 0 Å². The highest BCUT2D eigenvalue weighted by atomic mass is 35.5. The van der Waals surface area contributed by atoms with Crippen molar-refractivity contribution in [1.82, 2.24) is 29.5 Å². The van der Waals surface area contributed by atoms with Crippen LogP contribution in [0.5, 0.6) is 0 Å². The van der Waals surface area contributed by atoms with Crippen LogP contribution in [0.2, 0.25) is 5.02 Å². The number of aryl methyl sites for hydroxylation is 1. The van der Waals surface area contributed by atoms with E-state index in [2.05, 4.69) is 45.8 Å². The highest BCUT2D eigenvalue weighted by Crippen LogP contribution is 2.38. The smallest absolute Gasteiger partial charge is 0.243 e. The van der Waals surface area contributed by atoms with Crippen molar-refractivity contribution in [2.24, 2.45) is 5.92 Å². The summed E-state index contributed by atoms with van der Waals surface area (Å²) in [5.41, 5.74) is 2.37. The standard InChI is InChI=1S/C15H17ClN6S/c1-8(2)10(4)23-14-12(13-11(16)5-17-6-18-13)9(3)21-15-19-7-20-22(14)15/h5-8,10H,1-4H3. The molecular weight excluding hydrogens is 332 g/mol. The molecule has 0 aromatic carbocycles. The van der Waals surface area contributed by atoms with E-state index in [1.807, 2.05) is 6.92 Å². The van der Waals surface area contributed by atoms with E-state index in [0.29, 0.717) is 27.7 Å². The van der Waals surface area contributed by atoms with Gasteiger partial charge < -0.3 is 0 Å². The maximum Gasteiger partial charge on any atom is 0.253 e. The molecule has 23 heavy (non-hydrogen) atoms. The van der Waals surface area contributed by atoms with Gasteiger partial charge >= 0.3 is 0 Å². The van der Waals surface area contributed by atoms with E-state index in [9.17, 15) is 0 Å². The fraction of sp³-hybridized carbons (Fsp3) is 0.400. The summed E-state index contributed by atoms with van der Waals surface area (Å²) in [6.07, 6.45) is 4.60. The summed E-state index contributed by atoms with van der Waals surface area (Å²) >= 11 is 8.05. The summed E-state index contributed by atoms with van der Waals surface area (Å²) < 4.78 is 1.75. The molecular formula is C15H17ClN6S. The first-order chi connectivity index (χ1) is 11.0. The lowest BCUT2D eigenvalue weighted by Gasteiger charge is -2.19. The molecule has 0 spiro atoms. The number of halogens is 1. The topological polar surface area (TPSA) is 68.9 Å². The fourth-order valence-corrected chi connectivity index (χ4v) is 3.53. The van der Waals surface area contributed by atoms with Crippen LogP contribution in [0, 0.1) is 12.8 Å². The monoisotopic (exact) mass is 348 g/mol. The van der Waals surface area contributed by atoms with Crippen LogP contribution >= 0.6 is 23.4 Å². The predicted molar refractivity (Wildman–Crippen MR) is 91.7 cm³/mol. The molecule has 0 fully saturated rings. The minimum atomic E-state index is 0.392. The van der Waals surface area contributed by atoms with Gasteiger partial charge in [-0.25, -0.2) is 15.0 Å². The van der Waals surface area contributed by atoms with Gasteiger partial charge in [-0.3, -0.25) is 0 Å². The van der Waals surface area contributed by atoms with Gasteiger partial charge in [0.25, 0.3) is 5.78 Å². The number of thioether (sulfide) groups is 1. The Labute approximate surface area is 143 Å². The number of hydrogen-bond acceptors (Lipinski definition) is 6. The normalized spacial score (nSPS) is 13.0. The van der Waals surface area contributed by atoms with Crippen LogP contribution in [-0.4, -0.2) is 34.8 Å². The summed E-state index contributed by atoms with van der Waals surface area (Å²) in [6, 6.07) is 0. The van der Waals surface area contributed by atoms with Gasteiger partial charge in [0, 0.05) is 11.4 Å². The zero-order valence-electron chi connectivity index (χ0n) is 13.4. The number of hydrogen-bond donors (Lipinski definition) is 0. The Morgan fingerprint density at radius 2 is 1.96 bits per heavy atom. The second-order valence-corrected chi connectivity index (χ2v) is 7.41. The van der Waals surface area contributed by atoms with Gasteiger partial charge in [-0.1, -0.05) is 32.4 Å². The Bertz CT molecular complexity index is 847. The van der Waals surface area contributed by atoms with Crippen LogP contribution in [0.4, 0.5) is 0 Å². The van der Waals surface area contributed by atoms with E-state index in [4.69, 9.17) is 11.6 Å². The zero-order valence-corrected chi connectivity index (χ0v) is 14.9. The van der Waals surface area contributed by atoms with Gasteiger partial charge in [-0.05, 0) is 12.8 Å². The minimum absolute atomic E-state index is 0.392. The number of nitrogens with zero attached hydrogens (tertiary/aromatic N) is 6. The van der Waals surface area contributed by atoms with Gasteiger partial charge in [-0.2, -0.15) is 14.6 Å². The molecule has 3 aromatic rings. The Kier molecular flexibility index (Phi) is 4.50. The van der Waals surface area contributed by atoms with Gasteiger partial charge in [0.2, 0.25) is 0 Å². The van der Waals surface area contributed by atoms with Crippen LogP contribution in [0.15, 0.2) is 23.9 Å². The Morgan fingerprint density at radius 1 is 1.17 bits per heavy atom. The van der Waals surface area contributed by atoms with Crippen molar-refractivity contribution in [3.05, 3.63) is 29.6 Å². The number of aromatic nitrogens is 6. The lowest BCUT2D eigenvalue weighted by atomic mass is 10.1. The third-order valence-corrected chi connectivity index (χ3v) is 5.50. The summed E-state index contributed by atoms with van der Waals surface area (Å²) in [5.74, 6) is 1.09. The third kappa shape index (κ3) is 3.03. The van der Waals surface area contributed by atoms with E-state index >= 15 is 0 Å². The van der Waals surface area contributed by atoms with Crippen molar-refractivity contribution in [3.63, 3.8) is 0 Å². The molecule has 0 aliphatic rings. The van der Waals surface area contributed by atoms with Crippen LogP contribution < -0.4 is 0 Å². The van der Waals surface area contributed by atoms with Gasteiger partial charge in [0.15, 0.2) is 0 Å². The molecule has 0 amide bonds. The molecule has 3 heterocycles. The molecule has 0 saturated carbocycles. The molecule has 0 aliphatic heterocycles. The van der Waals surface area contributed by atoms with Gasteiger partial charge in [-0.15, -0.1) is 11.8 Å². The maximum absolute atomic E-state index is 6.32. The van der Waals surface area contributed by atoms with E-state index in [1.165, 1.54) is 12.7 Å². The van der Waals surface area contributed by atoms with Crippen molar-refractivity contribution in [2.45, 2.75) is 38.0 Å². The first-order valence-electron chi connectivity index (χ1n) is 7.32. The average molecular weight is 349 g/mol. The summed E-state index contributed by atoms with van der Waals surface area (Å²) in [5, 5.41) is 6.16. The number of fused-ring (bicyclic) bond motifs is 1. The molecule has 3 rings (SSSR count). The summed E-state index contributed by atoms with van der Waals surface area (Å²) in [4.78, 5) is 17.1. The lowest BCUT2D eigenvalue weighted by molar-refractivity contribution is 0.640. The molecule has 0 bridgehead atoms. The van der Waals surface area contributed by atoms with Crippen molar-refractivity contribution >= 4 is 29.1 Å². The first kappa shape index (κ1) is 16.1. The van der Waals surface area contributed by atoms with Gasteiger partial charge in [0.05, 0.1) is 22.0 Å². The van der Waals surface area contributed by atoms with Crippen LogP contribution in [0.1, 0.15) is 26.5 Å². The lowest BCUT2D eigenvalue weighted by Crippen LogP contribution is -2.10. The van der Waals surface area contributed by atoms with Crippen molar-refractivity contribution in [2.75, 3.05) is 0 Å². The maximum atomic E-state index is 6.32. The van der Waals surface area contributed by atoms with E-state index in [0.717, 1.165) is 16.3 Å². The SMILES string of the molecule is Cc1nc2ncnn2c(SC(C)C(C)C)c1-c1ncncc1Cl. The summed E-state index contributed by atoms with van der Waals surface area (Å²) in [7, 11) is 0. The van der Waals surface area contributed by atoms with Gasteiger partial charge in [0.1, 0.15) is 17.7 Å². The Balaban J connectivity index is 2.27. The van der Waals surface area contributed by atoms with Crippen LogP contribution in [-0.2, 0) is 0 Å². The van der Waals surface area contributed by atoms with Crippen molar-refractivity contribution < 1.29 is 0 Å². The molecule has 6 nitrogen and oxygen atoms in total. The molecule has 0 radical (unpaired) electrons. The second-order valence-electron chi connectivity index (χ2n) is 5.64. The Morgan fingerprint density at radius 3 is 2.65 bits per heavy atom. The van der Waals surface area contributed by atoms with E-state index in [1.54, 1.807) is 22.5 Å². The van der Waals surface area contributed by atoms with E-state index in [-0.39, 0.29) is 0 Å². The second kappa shape index (κ2) is 6.41. The van der Waals surface area contributed by atoms with Crippen molar-refractivity contribution in [3.8, 4) is 11.3 Å². The van der Waals surface area contributed by atoms with Crippen LogP contribution in [0.25, 0.3) is 17.0 Å². The van der Waals surface area contributed by atoms with Crippen molar-refractivity contribution in [1.29, 1.82) is 0 Å². The quantitative estimate of drug-likeness (QED) is 0.529. The molecule has 0 saturated heterocycles. The molecule has 120 valence electrons. The largest absolute Gasteiger partial charge is 0.253 e. The fourth-order valence-electron chi connectivity index (χ4n) is 2.11. The van der Waals surface area contributed by atoms with E-state index < -0.39 is 0 Å². The molecule has 1 unspecified atom stereocenters. The number of rotatable bonds is 4. The minimum Gasteiger partial charge on any atom is -0.243 e. The highest BCUT2D eigenvalue weighted by Gasteiger charge is 2.22. The Hall–Kier alpha value is -1.73. The third-order valence-electron chi connectivity index (χ3n) is 3.71. The zero-order chi connectivity index (χ0) is 16.6. The molecule has 3 aromatic heterocycles. The highest BCUT2D eigenvalue weighted by molar-refractivity contribution is 8.00. The molecule has 0 N–H and O–H groups in total. The molecule has 1 atom stereocenters. The molecule has 0 aliphatic carbocycles. The molecule has 8 heteroatoms. The average Bonchev–Trinajstić information content (AvgIpc) is 2.96. The summed E-state index contributed by atoms with van der Waals surface area (Å²) in [6.45, 7) is 8.52.